The lowest BCUT2D eigenvalue weighted by atomic mass is 9.94. The molecule has 0 N–H and O–H groups in total. The standard InChI is InChI=1S/C20H26N4O3/c1-14-17(24-8-4-3-5-18(24)21-14)11-19(25)22-12-15-6-7-16(13-22)23(20(15)26)9-10-27-2/h3-5,8,15-16H,6-7,9-13H2,1-2H3/t15-,16+/m1/s1. The second-order valence-corrected chi connectivity index (χ2v) is 7.50. The van der Waals surface area contributed by atoms with Crippen molar-refractivity contribution < 1.29 is 14.3 Å². The molecule has 3 saturated heterocycles. The van der Waals surface area contributed by atoms with Crippen LogP contribution in [0.4, 0.5) is 0 Å². The number of ether oxygens (including phenoxy) is 1. The molecule has 7 nitrogen and oxygen atoms in total. The zero-order valence-electron chi connectivity index (χ0n) is 15.9. The van der Waals surface area contributed by atoms with E-state index in [-0.39, 0.29) is 23.8 Å². The van der Waals surface area contributed by atoms with E-state index in [1.165, 1.54) is 0 Å². The van der Waals surface area contributed by atoms with E-state index in [9.17, 15) is 9.59 Å². The third-order valence-electron chi connectivity index (χ3n) is 5.83. The van der Waals surface area contributed by atoms with E-state index in [1.807, 2.05) is 45.5 Å². The van der Waals surface area contributed by atoms with Gasteiger partial charge in [0.2, 0.25) is 11.8 Å². The maximum absolute atomic E-state index is 13.1. The van der Waals surface area contributed by atoms with E-state index in [0.717, 1.165) is 29.9 Å². The van der Waals surface area contributed by atoms with E-state index in [4.69, 9.17) is 4.74 Å². The average Bonchev–Trinajstić information content (AvgIpc) is 2.81. The van der Waals surface area contributed by atoms with E-state index in [0.29, 0.717) is 32.7 Å². The Morgan fingerprint density at radius 3 is 2.96 bits per heavy atom. The van der Waals surface area contributed by atoms with Crippen LogP contribution >= 0.6 is 0 Å². The molecule has 5 rings (SSSR count). The first-order valence-electron chi connectivity index (χ1n) is 9.58. The van der Waals surface area contributed by atoms with Crippen LogP contribution in [0.5, 0.6) is 0 Å². The van der Waals surface area contributed by atoms with Gasteiger partial charge in [0, 0.05) is 39.0 Å². The SMILES string of the molecule is COCCN1C(=O)[C@@H]2CC[C@H]1CN(C(=O)Cc1c(C)nc3ccccn13)C2. The summed E-state index contributed by atoms with van der Waals surface area (Å²) in [5.74, 6) is 0.152. The highest BCUT2D eigenvalue weighted by Crippen LogP contribution is 2.29. The Balaban J connectivity index is 1.53. The van der Waals surface area contributed by atoms with Crippen molar-refractivity contribution in [1.82, 2.24) is 19.2 Å². The number of aryl methyl sites for hydroxylation is 1. The number of hydrogen-bond acceptors (Lipinski definition) is 4. The zero-order valence-corrected chi connectivity index (χ0v) is 15.9. The summed E-state index contributed by atoms with van der Waals surface area (Å²) in [7, 11) is 1.65. The molecule has 27 heavy (non-hydrogen) atoms. The van der Waals surface area contributed by atoms with Gasteiger partial charge in [0.25, 0.3) is 0 Å². The zero-order chi connectivity index (χ0) is 19.0. The number of rotatable bonds is 5. The second-order valence-electron chi connectivity index (χ2n) is 7.50. The molecular weight excluding hydrogens is 344 g/mol. The van der Waals surface area contributed by atoms with Crippen molar-refractivity contribution in [2.45, 2.75) is 32.2 Å². The molecule has 2 atom stereocenters. The van der Waals surface area contributed by atoms with Gasteiger partial charge in [-0.1, -0.05) is 6.07 Å². The van der Waals surface area contributed by atoms with Crippen molar-refractivity contribution >= 4 is 17.5 Å². The summed E-state index contributed by atoms with van der Waals surface area (Å²) in [6.07, 6.45) is 4.08. The van der Waals surface area contributed by atoms with Gasteiger partial charge < -0.3 is 18.9 Å². The lowest BCUT2D eigenvalue weighted by Crippen LogP contribution is -2.49. The topological polar surface area (TPSA) is 67.2 Å². The predicted molar refractivity (Wildman–Crippen MR) is 100 cm³/mol. The second kappa shape index (κ2) is 7.31. The molecule has 3 fully saturated rings. The van der Waals surface area contributed by atoms with Crippen LogP contribution in [0.1, 0.15) is 24.2 Å². The number of hydrogen-bond donors (Lipinski definition) is 0. The molecule has 0 saturated carbocycles. The van der Waals surface area contributed by atoms with Crippen LogP contribution < -0.4 is 0 Å². The summed E-state index contributed by atoms with van der Waals surface area (Å²) in [4.78, 5) is 34.2. The fourth-order valence-corrected chi connectivity index (χ4v) is 4.36. The van der Waals surface area contributed by atoms with Gasteiger partial charge in [-0.2, -0.15) is 0 Å². The van der Waals surface area contributed by atoms with Crippen molar-refractivity contribution in [1.29, 1.82) is 0 Å². The van der Waals surface area contributed by atoms with Crippen LogP contribution in [0.2, 0.25) is 0 Å². The van der Waals surface area contributed by atoms with Gasteiger partial charge in [0.1, 0.15) is 5.65 Å². The molecule has 3 aliphatic heterocycles. The molecule has 5 heterocycles. The molecule has 2 bridgehead atoms. The van der Waals surface area contributed by atoms with Gasteiger partial charge in [-0.3, -0.25) is 9.59 Å². The highest BCUT2D eigenvalue weighted by molar-refractivity contribution is 5.84. The van der Waals surface area contributed by atoms with E-state index in [2.05, 4.69) is 4.98 Å². The Hall–Kier alpha value is -2.41. The lowest BCUT2D eigenvalue weighted by Gasteiger charge is -2.35. The molecule has 144 valence electrons. The molecular formula is C20H26N4O3. The molecule has 0 aromatic carbocycles. The first-order chi connectivity index (χ1) is 13.1. The van der Waals surface area contributed by atoms with Crippen molar-refractivity contribution in [3.8, 4) is 0 Å². The number of carbonyl (C=O) groups excluding carboxylic acids is 2. The van der Waals surface area contributed by atoms with Gasteiger partial charge in [-0.15, -0.1) is 0 Å². The van der Waals surface area contributed by atoms with Gasteiger partial charge >= 0.3 is 0 Å². The summed E-state index contributed by atoms with van der Waals surface area (Å²) >= 11 is 0. The summed E-state index contributed by atoms with van der Waals surface area (Å²) in [6.45, 7) is 4.21. The number of amides is 2. The third kappa shape index (κ3) is 3.32. The van der Waals surface area contributed by atoms with Crippen LogP contribution in [0.15, 0.2) is 24.4 Å². The number of methoxy groups -OCH3 is 1. The predicted octanol–water partition coefficient (Wildman–Crippen LogP) is 1.28. The Labute approximate surface area is 158 Å². The number of aromatic nitrogens is 2. The maximum atomic E-state index is 13.1. The molecule has 0 radical (unpaired) electrons. The number of pyridine rings is 1. The summed E-state index contributed by atoms with van der Waals surface area (Å²) < 4.78 is 7.14. The number of carbonyl (C=O) groups is 2. The number of imidazole rings is 1. The van der Waals surface area contributed by atoms with Crippen LogP contribution in [-0.4, -0.2) is 70.4 Å². The van der Waals surface area contributed by atoms with Gasteiger partial charge in [0.05, 0.1) is 30.3 Å². The van der Waals surface area contributed by atoms with Crippen LogP contribution in [0.25, 0.3) is 5.65 Å². The maximum Gasteiger partial charge on any atom is 0.228 e. The van der Waals surface area contributed by atoms with Crippen LogP contribution in [0.3, 0.4) is 0 Å². The Bertz CT molecular complexity index is 862. The van der Waals surface area contributed by atoms with Crippen LogP contribution in [0, 0.1) is 12.8 Å². The summed E-state index contributed by atoms with van der Waals surface area (Å²) in [5, 5.41) is 0. The van der Waals surface area contributed by atoms with Crippen molar-refractivity contribution in [3.63, 3.8) is 0 Å². The van der Waals surface area contributed by atoms with Crippen molar-refractivity contribution in [2.75, 3.05) is 33.4 Å². The van der Waals surface area contributed by atoms with Crippen LogP contribution in [-0.2, 0) is 20.7 Å². The van der Waals surface area contributed by atoms with Gasteiger partial charge in [-0.05, 0) is 31.9 Å². The molecule has 3 aliphatic rings. The number of fused-ring (bicyclic) bond motifs is 5. The number of piperidine rings is 1. The summed E-state index contributed by atoms with van der Waals surface area (Å²) in [5.41, 5.74) is 2.66. The molecule has 7 heteroatoms. The molecule has 0 unspecified atom stereocenters. The molecule has 0 aliphatic carbocycles. The van der Waals surface area contributed by atoms with Crippen molar-refractivity contribution in [2.24, 2.45) is 5.92 Å². The normalized spacial score (nSPS) is 22.5. The van der Waals surface area contributed by atoms with Gasteiger partial charge in [-0.25, -0.2) is 4.98 Å². The quantitative estimate of drug-likeness (QED) is 0.795. The lowest BCUT2D eigenvalue weighted by molar-refractivity contribution is -0.140. The van der Waals surface area contributed by atoms with E-state index < -0.39 is 0 Å². The van der Waals surface area contributed by atoms with Crippen molar-refractivity contribution in [3.05, 3.63) is 35.8 Å². The average molecular weight is 370 g/mol. The minimum Gasteiger partial charge on any atom is -0.383 e. The fraction of sp³-hybridized carbons (Fsp3) is 0.550. The monoisotopic (exact) mass is 370 g/mol. The first kappa shape index (κ1) is 18.0. The first-order valence-corrected chi connectivity index (χ1v) is 9.58. The molecule has 0 spiro atoms. The Morgan fingerprint density at radius 1 is 1.30 bits per heavy atom. The Morgan fingerprint density at radius 2 is 2.15 bits per heavy atom. The van der Waals surface area contributed by atoms with E-state index >= 15 is 0 Å². The third-order valence-corrected chi connectivity index (χ3v) is 5.83. The highest BCUT2D eigenvalue weighted by Gasteiger charge is 2.41. The molecule has 2 aromatic heterocycles. The molecule has 2 amide bonds. The summed E-state index contributed by atoms with van der Waals surface area (Å²) in [6, 6.07) is 5.93. The largest absolute Gasteiger partial charge is 0.383 e. The van der Waals surface area contributed by atoms with Gasteiger partial charge in [0.15, 0.2) is 0 Å². The minimum atomic E-state index is -0.0900. The molecule has 2 aromatic rings. The smallest absolute Gasteiger partial charge is 0.228 e. The minimum absolute atomic E-state index is 0.0713. The highest BCUT2D eigenvalue weighted by atomic mass is 16.5. The number of nitrogens with zero attached hydrogens (tertiary/aromatic N) is 4. The Kier molecular flexibility index (Phi) is 4.86. The fourth-order valence-electron chi connectivity index (χ4n) is 4.36. The van der Waals surface area contributed by atoms with E-state index in [1.54, 1.807) is 7.11 Å².